The second-order valence-corrected chi connectivity index (χ2v) is 10.7. The average molecular weight is 443 g/mol. The van der Waals surface area contributed by atoms with Crippen LogP contribution in [0.4, 0.5) is 0 Å². The molecule has 1 aromatic carbocycles. The van der Waals surface area contributed by atoms with E-state index in [-0.39, 0.29) is 35.4 Å². The van der Waals surface area contributed by atoms with Gasteiger partial charge in [0.25, 0.3) is 5.56 Å². The highest BCUT2D eigenvalue weighted by molar-refractivity contribution is 7.15. The molecule has 2 aromatic heterocycles. The Hall–Kier alpha value is -2.67. The van der Waals surface area contributed by atoms with Crippen LogP contribution in [0, 0.1) is 0 Å². The van der Waals surface area contributed by atoms with Gasteiger partial charge in [-0.2, -0.15) is 0 Å². The summed E-state index contributed by atoms with van der Waals surface area (Å²) in [7, 11) is 0. The third-order valence-corrected chi connectivity index (χ3v) is 5.90. The summed E-state index contributed by atoms with van der Waals surface area (Å²) >= 11 is 1.36. The Bertz CT molecular complexity index is 1130. The summed E-state index contributed by atoms with van der Waals surface area (Å²) in [4.78, 5) is 29.3. The van der Waals surface area contributed by atoms with Crippen molar-refractivity contribution in [3.8, 4) is 5.75 Å². The van der Waals surface area contributed by atoms with E-state index in [9.17, 15) is 14.7 Å². The topological polar surface area (TPSA) is 80.9 Å². The van der Waals surface area contributed by atoms with Gasteiger partial charge in [0.1, 0.15) is 12.4 Å². The molecule has 1 N–H and O–H groups in total. The molecule has 0 aliphatic rings. The molecule has 0 saturated carbocycles. The molecule has 0 fully saturated rings. The molecule has 0 aliphatic carbocycles. The number of hydrogen-bond acceptors (Lipinski definition) is 6. The van der Waals surface area contributed by atoms with Gasteiger partial charge in [0.05, 0.1) is 5.69 Å². The zero-order valence-corrected chi connectivity index (χ0v) is 19.8. The summed E-state index contributed by atoms with van der Waals surface area (Å²) in [6.07, 6.45) is 2.38. The highest BCUT2D eigenvalue weighted by atomic mass is 32.1. The zero-order valence-electron chi connectivity index (χ0n) is 19.0. The van der Waals surface area contributed by atoms with E-state index in [1.807, 2.05) is 12.1 Å². The summed E-state index contributed by atoms with van der Waals surface area (Å²) in [5.41, 5.74) is 2.54. The lowest BCUT2D eigenvalue weighted by atomic mass is 9.78. The number of esters is 1. The molecule has 0 bridgehead atoms. The van der Waals surface area contributed by atoms with E-state index in [0.29, 0.717) is 22.8 Å². The van der Waals surface area contributed by atoms with Crippen molar-refractivity contribution in [3.05, 3.63) is 62.5 Å². The van der Waals surface area contributed by atoms with Gasteiger partial charge in [0, 0.05) is 24.1 Å². The molecule has 166 valence electrons. The highest BCUT2D eigenvalue weighted by Gasteiger charge is 2.26. The van der Waals surface area contributed by atoms with Gasteiger partial charge in [-0.05, 0) is 33.9 Å². The molecule has 0 unspecified atom stereocenters. The first kappa shape index (κ1) is 23.0. The third-order valence-electron chi connectivity index (χ3n) is 5.14. The molecule has 31 heavy (non-hydrogen) atoms. The number of phenolic OH excluding ortho intramolecular Hbond substituents is 1. The Balaban J connectivity index is 1.71. The summed E-state index contributed by atoms with van der Waals surface area (Å²) in [6, 6.07) is 5.34. The lowest BCUT2D eigenvalue weighted by Gasteiger charge is -2.28. The van der Waals surface area contributed by atoms with Gasteiger partial charge >= 0.3 is 5.97 Å². The number of ether oxygens (including phenoxy) is 1. The SMILES string of the molecule is CC(C)(C)c1cc(CCC(=O)OCc2cc(=O)n3ccsc3n2)cc(C(C)(C)C)c1O. The van der Waals surface area contributed by atoms with Gasteiger partial charge in [-0.1, -0.05) is 53.7 Å². The van der Waals surface area contributed by atoms with Crippen molar-refractivity contribution in [2.45, 2.75) is 71.8 Å². The molecule has 0 radical (unpaired) electrons. The lowest BCUT2D eigenvalue weighted by Crippen LogP contribution is -2.18. The number of aromatic nitrogens is 2. The van der Waals surface area contributed by atoms with Gasteiger partial charge < -0.3 is 9.84 Å². The number of fused-ring (bicyclic) bond motifs is 1. The van der Waals surface area contributed by atoms with Crippen LogP contribution in [0.1, 0.15) is 70.3 Å². The number of thiazole rings is 1. The van der Waals surface area contributed by atoms with Crippen molar-refractivity contribution in [1.29, 1.82) is 0 Å². The lowest BCUT2D eigenvalue weighted by molar-refractivity contribution is -0.145. The first-order valence-electron chi connectivity index (χ1n) is 10.3. The number of rotatable bonds is 5. The van der Waals surface area contributed by atoms with E-state index in [2.05, 4.69) is 46.5 Å². The van der Waals surface area contributed by atoms with Crippen LogP contribution in [-0.2, 0) is 33.4 Å². The molecule has 0 atom stereocenters. The fourth-order valence-electron chi connectivity index (χ4n) is 3.42. The molecule has 3 aromatic rings. The van der Waals surface area contributed by atoms with Gasteiger partial charge in [-0.15, -0.1) is 11.3 Å². The van der Waals surface area contributed by atoms with Crippen molar-refractivity contribution in [2.24, 2.45) is 0 Å². The van der Waals surface area contributed by atoms with Crippen LogP contribution in [0.25, 0.3) is 4.96 Å². The minimum Gasteiger partial charge on any atom is -0.507 e. The number of nitrogens with zero attached hydrogens (tertiary/aromatic N) is 2. The predicted molar refractivity (Wildman–Crippen MR) is 123 cm³/mol. The number of benzene rings is 1. The van der Waals surface area contributed by atoms with Crippen molar-refractivity contribution in [3.63, 3.8) is 0 Å². The molecule has 7 heteroatoms. The first-order valence-corrected chi connectivity index (χ1v) is 11.2. The van der Waals surface area contributed by atoms with Crippen LogP contribution in [0.2, 0.25) is 0 Å². The van der Waals surface area contributed by atoms with E-state index in [1.54, 1.807) is 11.6 Å². The van der Waals surface area contributed by atoms with Crippen molar-refractivity contribution < 1.29 is 14.6 Å². The van der Waals surface area contributed by atoms with Crippen LogP contribution in [0.15, 0.2) is 34.6 Å². The standard InChI is InChI=1S/C24H30N2O4S/c1-23(2,3)17-11-15(12-18(21(17)29)24(4,5)6)7-8-20(28)30-14-16-13-19(27)26-9-10-31-22(26)25-16/h9-13,29H,7-8,14H2,1-6H3. The summed E-state index contributed by atoms with van der Waals surface area (Å²) in [5, 5.41) is 12.6. The predicted octanol–water partition coefficient (Wildman–Crippen LogP) is 4.73. The minimum atomic E-state index is -0.351. The van der Waals surface area contributed by atoms with Crippen molar-refractivity contribution in [1.82, 2.24) is 9.38 Å². The number of hydrogen-bond donors (Lipinski definition) is 1. The maximum atomic E-state index is 12.3. The summed E-state index contributed by atoms with van der Waals surface area (Å²) in [5.74, 6) is -0.0245. The summed E-state index contributed by atoms with van der Waals surface area (Å²) < 4.78 is 6.81. The maximum Gasteiger partial charge on any atom is 0.306 e. The quantitative estimate of drug-likeness (QED) is 0.578. The van der Waals surface area contributed by atoms with E-state index in [4.69, 9.17) is 4.74 Å². The monoisotopic (exact) mass is 442 g/mol. The van der Waals surface area contributed by atoms with Crippen LogP contribution in [-0.4, -0.2) is 20.5 Å². The molecule has 3 rings (SSSR count). The summed E-state index contributed by atoms with van der Waals surface area (Å²) in [6.45, 7) is 12.3. The van der Waals surface area contributed by atoms with E-state index >= 15 is 0 Å². The molecular formula is C24H30N2O4S. The fraction of sp³-hybridized carbons (Fsp3) is 0.458. The van der Waals surface area contributed by atoms with E-state index in [0.717, 1.165) is 16.7 Å². The number of aromatic hydroxyl groups is 1. The molecular weight excluding hydrogens is 412 g/mol. The molecule has 0 amide bonds. The molecule has 2 heterocycles. The van der Waals surface area contributed by atoms with Gasteiger partial charge in [-0.3, -0.25) is 14.0 Å². The second-order valence-electron chi connectivity index (χ2n) is 9.84. The Morgan fingerprint density at radius 1 is 1.10 bits per heavy atom. The Morgan fingerprint density at radius 2 is 1.71 bits per heavy atom. The van der Waals surface area contributed by atoms with Gasteiger partial charge in [0.15, 0.2) is 4.96 Å². The minimum absolute atomic E-state index is 0.0292. The number of carbonyl (C=O) groups excluding carboxylic acids is 1. The van der Waals surface area contributed by atoms with Crippen LogP contribution in [0.3, 0.4) is 0 Å². The Morgan fingerprint density at radius 3 is 2.29 bits per heavy atom. The van der Waals surface area contributed by atoms with Gasteiger partial charge in [0.2, 0.25) is 0 Å². The third kappa shape index (κ3) is 5.34. The molecule has 0 aliphatic heterocycles. The van der Waals surface area contributed by atoms with Crippen LogP contribution < -0.4 is 5.56 Å². The van der Waals surface area contributed by atoms with E-state index in [1.165, 1.54) is 21.8 Å². The Kier molecular flexibility index (Phi) is 6.28. The van der Waals surface area contributed by atoms with Crippen molar-refractivity contribution in [2.75, 3.05) is 0 Å². The average Bonchev–Trinajstić information content (AvgIpc) is 3.13. The van der Waals surface area contributed by atoms with Crippen LogP contribution >= 0.6 is 11.3 Å². The van der Waals surface area contributed by atoms with Crippen LogP contribution in [0.5, 0.6) is 5.75 Å². The van der Waals surface area contributed by atoms with E-state index < -0.39 is 0 Å². The first-order chi connectivity index (χ1) is 14.4. The number of aryl methyl sites for hydroxylation is 1. The largest absolute Gasteiger partial charge is 0.507 e. The maximum absolute atomic E-state index is 12.3. The molecule has 0 saturated heterocycles. The fourth-order valence-corrected chi connectivity index (χ4v) is 4.16. The number of carbonyl (C=O) groups is 1. The number of phenols is 1. The second kappa shape index (κ2) is 8.46. The molecule has 0 spiro atoms. The van der Waals surface area contributed by atoms with Crippen molar-refractivity contribution >= 4 is 22.3 Å². The Labute approximate surface area is 186 Å². The zero-order chi connectivity index (χ0) is 23.0. The molecule has 6 nitrogen and oxygen atoms in total. The highest BCUT2D eigenvalue weighted by Crippen LogP contribution is 2.40. The smallest absolute Gasteiger partial charge is 0.306 e. The van der Waals surface area contributed by atoms with Gasteiger partial charge in [-0.25, -0.2) is 4.98 Å². The normalized spacial score (nSPS) is 12.3.